The van der Waals surface area contributed by atoms with Crippen LogP contribution >= 0.6 is 35.5 Å². The molecule has 0 aliphatic heterocycles. The van der Waals surface area contributed by atoms with Gasteiger partial charge in [0, 0.05) is 16.8 Å². The number of alkyl halides is 3. The van der Waals surface area contributed by atoms with Crippen LogP contribution in [0.4, 0.5) is 13.2 Å². The molecule has 0 aliphatic carbocycles. The zero-order chi connectivity index (χ0) is 33.7. The summed E-state index contributed by atoms with van der Waals surface area (Å²) in [7, 11) is 0. The van der Waals surface area contributed by atoms with Crippen LogP contribution in [0.3, 0.4) is 0 Å². The first kappa shape index (κ1) is 44.3. The number of carbonyl (C=O) groups is 2. The van der Waals surface area contributed by atoms with Crippen molar-refractivity contribution in [1.29, 1.82) is 0 Å². The molecule has 2 heterocycles. The van der Waals surface area contributed by atoms with Gasteiger partial charge in [-0.3, -0.25) is 8.96 Å². The van der Waals surface area contributed by atoms with E-state index in [9.17, 15) is 33.0 Å². The predicted molar refractivity (Wildman–Crippen MR) is 166 cm³/mol. The molecule has 2 aromatic carbocycles. The van der Waals surface area contributed by atoms with Crippen molar-refractivity contribution in [3.05, 3.63) is 60.4 Å². The molecule has 0 saturated carbocycles. The standard InChI is InChI=1S/C26H22F3N3O7S3.C4H10.2Na/c1-40-24-17(30-9-8-20(24)39-14-26(27,28)29)13-41-25-31-16-4-2-3-5-18(16)32(25)42-15-6-7-19(37-11-22(33)34)21(10-15)38-12-23(35)36;1-3-4-2;;/h2-10H,11-14H2,1H3,(H,33,34)(H,35,36);3-4H2,1-2H3;;/q;;2*+1/p-2. The number of nitrogens with zero attached hydrogens (tertiary/aromatic N) is 3. The molecule has 0 atom stereocenters. The van der Waals surface area contributed by atoms with Crippen LogP contribution in [0.2, 0.25) is 0 Å². The number of halogens is 3. The first-order valence-corrected chi connectivity index (χ1v) is 16.7. The Bertz CT molecular complexity index is 1630. The summed E-state index contributed by atoms with van der Waals surface area (Å²) in [5, 5.41) is 22.3. The number of para-hydroxylation sites is 2. The van der Waals surface area contributed by atoms with E-state index < -0.39 is 37.9 Å². The quantitative estimate of drug-likeness (QED) is 0.109. The van der Waals surface area contributed by atoms with Gasteiger partial charge < -0.3 is 34.0 Å². The van der Waals surface area contributed by atoms with Crippen LogP contribution < -0.4 is 83.5 Å². The number of aliphatic carboxylic acids is 2. The fraction of sp³-hybridized carbons (Fsp3) is 0.333. The third-order valence-electron chi connectivity index (χ3n) is 5.67. The number of benzene rings is 2. The maximum atomic E-state index is 12.7. The molecule has 2 aromatic heterocycles. The number of carboxylic acid groups (broad SMARTS) is 2. The number of fused-ring (bicyclic) bond motifs is 1. The van der Waals surface area contributed by atoms with Gasteiger partial charge in [0.1, 0.15) is 19.0 Å². The molecular weight excluding hydrogens is 714 g/mol. The van der Waals surface area contributed by atoms with E-state index in [1.54, 1.807) is 12.3 Å². The Morgan fingerprint density at radius 1 is 0.896 bits per heavy atom. The Kier molecular flexibility index (Phi) is 20.4. The second kappa shape index (κ2) is 22.1. The Labute approximate surface area is 333 Å². The maximum absolute atomic E-state index is 12.7. The molecule has 10 nitrogen and oxygen atoms in total. The van der Waals surface area contributed by atoms with E-state index >= 15 is 0 Å². The van der Waals surface area contributed by atoms with Crippen molar-refractivity contribution >= 4 is 58.4 Å². The fourth-order valence-electron chi connectivity index (χ4n) is 3.52. The number of pyridine rings is 1. The Balaban J connectivity index is 0.00000182. The minimum absolute atomic E-state index is 0. The summed E-state index contributed by atoms with van der Waals surface area (Å²) >= 11 is 3.75. The van der Waals surface area contributed by atoms with E-state index in [-0.39, 0.29) is 82.1 Å². The average Bonchev–Trinajstić information content (AvgIpc) is 3.37. The van der Waals surface area contributed by atoms with Crippen LogP contribution in [0.1, 0.15) is 32.4 Å². The Morgan fingerprint density at radius 2 is 1.54 bits per heavy atom. The molecule has 0 aliphatic rings. The van der Waals surface area contributed by atoms with Gasteiger partial charge in [-0.15, -0.1) is 11.8 Å². The summed E-state index contributed by atoms with van der Waals surface area (Å²) in [5.74, 6) is -2.63. The van der Waals surface area contributed by atoms with Crippen LogP contribution in [-0.2, 0) is 15.3 Å². The van der Waals surface area contributed by atoms with Gasteiger partial charge in [0.2, 0.25) is 0 Å². The molecule has 0 spiro atoms. The summed E-state index contributed by atoms with van der Waals surface area (Å²) < 4.78 is 55.4. The van der Waals surface area contributed by atoms with Gasteiger partial charge in [0.05, 0.1) is 33.6 Å². The molecule has 0 unspecified atom stereocenters. The van der Waals surface area contributed by atoms with E-state index in [2.05, 4.69) is 18.8 Å². The zero-order valence-corrected chi connectivity index (χ0v) is 33.4. The van der Waals surface area contributed by atoms with Crippen LogP contribution in [-0.4, -0.2) is 58.1 Å². The van der Waals surface area contributed by atoms with Crippen LogP contribution in [0.25, 0.3) is 11.0 Å². The number of carbonyl (C=O) groups excluding carboxylic acids is 2. The molecule has 0 bridgehead atoms. The first-order valence-electron chi connectivity index (χ1n) is 13.7. The molecule has 0 N–H and O–H groups in total. The van der Waals surface area contributed by atoms with Gasteiger partial charge in [0.15, 0.2) is 23.3 Å². The number of hydrogen-bond donors (Lipinski definition) is 0. The third-order valence-corrected chi connectivity index (χ3v) is 8.60. The monoisotopic (exact) mass is 743 g/mol. The second-order valence-electron chi connectivity index (χ2n) is 9.18. The van der Waals surface area contributed by atoms with Gasteiger partial charge in [-0.2, -0.15) is 13.2 Å². The average molecular weight is 744 g/mol. The first-order chi connectivity index (χ1) is 21.9. The van der Waals surface area contributed by atoms with Crippen molar-refractivity contribution in [2.24, 2.45) is 0 Å². The summed E-state index contributed by atoms with van der Waals surface area (Å²) in [6.45, 7) is 1.38. The SMILES string of the molecule is CCCC.CSc1c(OCC(F)(F)F)ccnc1CSc1nc2ccccc2n1Sc1ccc(OCC(=O)[O-])c(OCC(=O)[O-])c1.[Na+].[Na+]. The smallest absolute Gasteiger partial charge is 0.546 e. The molecule has 248 valence electrons. The van der Waals surface area contributed by atoms with E-state index in [4.69, 9.17) is 19.2 Å². The van der Waals surface area contributed by atoms with Crippen molar-refractivity contribution in [3.8, 4) is 17.2 Å². The van der Waals surface area contributed by atoms with Crippen LogP contribution in [0, 0.1) is 0 Å². The van der Waals surface area contributed by atoms with E-state index in [1.807, 2.05) is 28.2 Å². The predicted octanol–water partition coefficient (Wildman–Crippen LogP) is -0.986. The number of carboxylic acids is 2. The summed E-state index contributed by atoms with van der Waals surface area (Å²) in [5.41, 5.74) is 1.94. The fourth-order valence-corrected chi connectivity index (χ4v) is 6.30. The molecule has 0 radical (unpaired) electrons. The van der Waals surface area contributed by atoms with Gasteiger partial charge in [0.25, 0.3) is 0 Å². The van der Waals surface area contributed by atoms with Gasteiger partial charge in [-0.25, -0.2) is 4.98 Å². The molecule has 4 rings (SSSR count). The van der Waals surface area contributed by atoms with E-state index in [1.165, 1.54) is 72.7 Å². The maximum Gasteiger partial charge on any atom is 1.00 e. The molecule has 0 saturated heterocycles. The largest absolute Gasteiger partial charge is 1.00 e. The number of aromatic nitrogens is 3. The number of rotatable bonds is 15. The summed E-state index contributed by atoms with van der Waals surface area (Å²) in [6.07, 6.45) is 1.26. The Hall–Kier alpha value is -1.76. The molecular formula is C30H30F3N3Na2O7S3. The summed E-state index contributed by atoms with van der Waals surface area (Å²) in [6, 6.07) is 13.2. The van der Waals surface area contributed by atoms with Crippen molar-refractivity contribution in [3.63, 3.8) is 0 Å². The summed E-state index contributed by atoms with van der Waals surface area (Å²) in [4.78, 5) is 31.9. The number of imidazole rings is 1. The molecule has 48 heavy (non-hydrogen) atoms. The minimum Gasteiger partial charge on any atom is -0.546 e. The number of ether oxygens (including phenoxy) is 3. The van der Waals surface area contributed by atoms with Crippen LogP contribution in [0.5, 0.6) is 17.2 Å². The number of hydrogen-bond acceptors (Lipinski definition) is 12. The molecule has 4 aromatic rings. The third kappa shape index (κ3) is 14.2. The van der Waals surface area contributed by atoms with Crippen molar-refractivity contribution in [2.75, 3.05) is 26.1 Å². The van der Waals surface area contributed by atoms with Crippen molar-refractivity contribution in [1.82, 2.24) is 13.9 Å². The normalized spacial score (nSPS) is 10.6. The van der Waals surface area contributed by atoms with Crippen molar-refractivity contribution in [2.45, 2.75) is 53.6 Å². The second-order valence-corrected chi connectivity index (χ2v) is 12.0. The number of thioether (sulfide) groups is 2. The van der Waals surface area contributed by atoms with Gasteiger partial charge >= 0.3 is 65.3 Å². The molecule has 0 amide bonds. The number of unbranched alkanes of at least 4 members (excludes halogenated alkanes) is 1. The van der Waals surface area contributed by atoms with E-state index in [0.717, 1.165) is 5.52 Å². The van der Waals surface area contributed by atoms with E-state index in [0.29, 0.717) is 26.2 Å². The Morgan fingerprint density at radius 3 is 2.15 bits per heavy atom. The van der Waals surface area contributed by atoms with Gasteiger partial charge in [-0.05, 0) is 54.6 Å². The van der Waals surface area contributed by atoms with Crippen molar-refractivity contribution < 1.29 is 106 Å². The van der Waals surface area contributed by atoms with Crippen LogP contribution in [0.15, 0.2) is 69.7 Å². The topological polar surface area (TPSA) is 139 Å². The van der Waals surface area contributed by atoms with Gasteiger partial charge in [-0.1, -0.05) is 50.6 Å². The minimum atomic E-state index is -4.48. The molecule has 18 heteroatoms. The molecule has 0 fully saturated rings. The zero-order valence-electron chi connectivity index (χ0n) is 27.0.